The van der Waals surface area contributed by atoms with Crippen LogP contribution in [0.5, 0.6) is 5.75 Å². The van der Waals surface area contributed by atoms with Crippen molar-refractivity contribution in [3.8, 4) is 11.4 Å². The number of tetrazole rings is 1. The first-order valence-corrected chi connectivity index (χ1v) is 12.2. The van der Waals surface area contributed by atoms with E-state index in [1.807, 2.05) is 47.4 Å². The molecule has 1 atom stereocenters. The van der Waals surface area contributed by atoms with Gasteiger partial charge in [-0.15, -0.1) is 16.4 Å². The van der Waals surface area contributed by atoms with Crippen molar-refractivity contribution < 1.29 is 9.53 Å². The molecule has 5 rings (SSSR count). The van der Waals surface area contributed by atoms with Crippen LogP contribution in [0.1, 0.15) is 23.8 Å². The fourth-order valence-electron chi connectivity index (χ4n) is 3.84. The van der Waals surface area contributed by atoms with Gasteiger partial charge in [0.05, 0.1) is 33.8 Å². The molecule has 0 N–H and O–H groups in total. The summed E-state index contributed by atoms with van der Waals surface area (Å²) in [7, 11) is 1.63. The smallest absolute Gasteiger partial charge is 0.233 e. The third-order valence-corrected chi connectivity index (χ3v) is 7.62. The Bertz CT molecular complexity index is 1190. The number of thiazole rings is 1. The number of ether oxygens (including phenoxy) is 1. The molecule has 1 saturated heterocycles. The number of methoxy groups -OCH3 is 1. The van der Waals surface area contributed by atoms with Crippen molar-refractivity contribution >= 4 is 39.2 Å². The Hall–Kier alpha value is -2.98. The molecule has 1 aliphatic heterocycles. The number of rotatable bonds is 6. The first-order chi connectivity index (χ1) is 15.7. The van der Waals surface area contributed by atoms with E-state index < -0.39 is 0 Å². The van der Waals surface area contributed by atoms with Crippen LogP contribution in [0.15, 0.2) is 53.7 Å². The first-order valence-electron chi connectivity index (χ1n) is 10.4. The monoisotopic (exact) mass is 466 g/mol. The highest BCUT2D eigenvalue weighted by atomic mass is 32.2. The number of para-hydroxylation sites is 1. The lowest BCUT2D eigenvalue weighted by atomic mass is 9.99. The Labute approximate surface area is 193 Å². The van der Waals surface area contributed by atoms with Crippen molar-refractivity contribution in [2.45, 2.75) is 23.9 Å². The van der Waals surface area contributed by atoms with Crippen molar-refractivity contribution in [3.63, 3.8) is 0 Å². The molecule has 0 unspecified atom stereocenters. The van der Waals surface area contributed by atoms with Crippen LogP contribution in [-0.4, -0.2) is 62.0 Å². The minimum absolute atomic E-state index is 0.102. The van der Waals surface area contributed by atoms with Gasteiger partial charge in [-0.25, -0.2) is 4.98 Å². The number of thioether (sulfide) groups is 1. The van der Waals surface area contributed by atoms with Gasteiger partial charge in [-0.3, -0.25) is 4.79 Å². The van der Waals surface area contributed by atoms with Gasteiger partial charge in [-0.1, -0.05) is 23.9 Å². The Kier molecular flexibility index (Phi) is 6.04. The zero-order valence-electron chi connectivity index (χ0n) is 17.5. The standard InChI is InChI=1S/C22H22N6O2S2/c1-30-17-10-8-16(9-11-17)28-22(24-25-26-28)31-14-20(29)27-12-4-5-15(13-27)21-23-18-6-2-3-7-19(18)32-21/h2-3,6-11,15H,4-5,12-14H2,1H3/t15-/m1/s1. The molecule has 1 fully saturated rings. The van der Waals surface area contributed by atoms with Gasteiger partial charge < -0.3 is 9.64 Å². The van der Waals surface area contributed by atoms with Gasteiger partial charge in [0.2, 0.25) is 11.1 Å². The van der Waals surface area contributed by atoms with E-state index in [-0.39, 0.29) is 5.91 Å². The van der Waals surface area contributed by atoms with Crippen LogP contribution in [0.4, 0.5) is 0 Å². The number of carbonyl (C=O) groups is 1. The van der Waals surface area contributed by atoms with E-state index in [0.717, 1.165) is 41.3 Å². The highest BCUT2D eigenvalue weighted by molar-refractivity contribution is 7.99. The summed E-state index contributed by atoms with van der Waals surface area (Å²) >= 11 is 3.09. The fraction of sp³-hybridized carbons (Fsp3) is 0.318. The van der Waals surface area contributed by atoms with E-state index in [9.17, 15) is 4.79 Å². The number of aromatic nitrogens is 5. The van der Waals surface area contributed by atoms with E-state index >= 15 is 0 Å². The molecule has 0 spiro atoms. The van der Waals surface area contributed by atoms with E-state index in [2.05, 4.69) is 21.6 Å². The second-order valence-electron chi connectivity index (χ2n) is 7.56. The minimum Gasteiger partial charge on any atom is -0.497 e. The van der Waals surface area contributed by atoms with Crippen LogP contribution in [0.25, 0.3) is 15.9 Å². The number of amides is 1. The molecule has 1 aliphatic rings. The fourth-order valence-corrected chi connectivity index (χ4v) is 5.73. The SMILES string of the molecule is COc1ccc(-n2nnnc2SCC(=O)N2CCC[C@@H](c3nc4ccccc4s3)C2)cc1. The topological polar surface area (TPSA) is 86.0 Å². The molecule has 0 radical (unpaired) electrons. The molecular formula is C22H22N6O2S2. The van der Waals surface area contributed by atoms with Crippen molar-refractivity contribution in [1.29, 1.82) is 0 Å². The Morgan fingerprint density at radius 3 is 2.88 bits per heavy atom. The zero-order valence-corrected chi connectivity index (χ0v) is 19.2. The number of likely N-dealkylation sites (tertiary alicyclic amines) is 1. The third-order valence-electron chi connectivity index (χ3n) is 5.52. The molecule has 32 heavy (non-hydrogen) atoms. The van der Waals surface area contributed by atoms with Crippen LogP contribution < -0.4 is 4.74 Å². The third kappa shape index (κ3) is 4.33. The molecule has 0 aliphatic carbocycles. The second kappa shape index (κ2) is 9.25. The summed E-state index contributed by atoms with van der Waals surface area (Å²) < 4.78 is 8.04. The number of benzene rings is 2. The van der Waals surface area contributed by atoms with E-state index in [1.54, 1.807) is 23.1 Å². The van der Waals surface area contributed by atoms with Crippen molar-refractivity contribution in [3.05, 3.63) is 53.5 Å². The average Bonchev–Trinajstić information content (AvgIpc) is 3.50. The molecule has 2 aromatic carbocycles. The lowest BCUT2D eigenvalue weighted by Gasteiger charge is -2.31. The van der Waals surface area contributed by atoms with E-state index in [0.29, 0.717) is 23.4 Å². The summed E-state index contributed by atoms with van der Waals surface area (Å²) in [6, 6.07) is 15.7. The van der Waals surface area contributed by atoms with Gasteiger partial charge in [0, 0.05) is 19.0 Å². The van der Waals surface area contributed by atoms with Gasteiger partial charge in [-0.2, -0.15) is 4.68 Å². The molecule has 3 heterocycles. The predicted molar refractivity (Wildman–Crippen MR) is 125 cm³/mol. The molecule has 1 amide bonds. The Morgan fingerprint density at radius 2 is 2.06 bits per heavy atom. The maximum absolute atomic E-state index is 13.0. The molecule has 10 heteroatoms. The molecule has 0 bridgehead atoms. The summed E-state index contributed by atoms with van der Waals surface area (Å²) in [6.07, 6.45) is 2.05. The Morgan fingerprint density at radius 1 is 1.22 bits per heavy atom. The number of hydrogen-bond acceptors (Lipinski definition) is 8. The quantitative estimate of drug-likeness (QED) is 0.400. The summed E-state index contributed by atoms with van der Waals surface area (Å²) in [5.74, 6) is 1.45. The summed E-state index contributed by atoms with van der Waals surface area (Å²) in [4.78, 5) is 19.7. The first kappa shape index (κ1) is 20.9. The van der Waals surface area contributed by atoms with Crippen molar-refractivity contribution in [2.24, 2.45) is 0 Å². The maximum atomic E-state index is 13.0. The highest BCUT2D eigenvalue weighted by Crippen LogP contribution is 2.33. The van der Waals surface area contributed by atoms with E-state index in [1.165, 1.54) is 16.5 Å². The molecule has 0 saturated carbocycles. The van der Waals surface area contributed by atoms with Crippen LogP contribution in [-0.2, 0) is 4.79 Å². The summed E-state index contributed by atoms with van der Waals surface area (Å²) in [5.41, 5.74) is 1.86. The van der Waals surface area contributed by atoms with Gasteiger partial charge in [0.25, 0.3) is 0 Å². The van der Waals surface area contributed by atoms with Crippen molar-refractivity contribution in [1.82, 2.24) is 30.1 Å². The van der Waals surface area contributed by atoms with Crippen LogP contribution >= 0.6 is 23.1 Å². The average molecular weight is 467 g/mol. The summed E-state index contributed by atoms with van der Waals surface area (Å²) in [6.45, 7) is 1.49. The highest BCUT2D eigenvalue weighted by Gasteiger charge is 2.27. The number of carbonyl (C=O) groups excluding carboxylic acids is 1. The summed E-state index contributed by atoms with van der Waals surface area (Å²) in [5, 5.41) is 13.7. The van der Waals surface area contributed by atoms with Crippen LogP contribution in [0.3, 0.4) is 0 Å². The second-order valence-corrected chi connectivity index (χ2v) is 9.56. The predicted octanol–water partition coefficient (Wildman–Crippen LogP) is 3.78. The number of hydrogen-bond donors (Lipinski definition) is 0. The number of fused-ring (bicyclic) bond motifs is 1. The van der Waals surface area contributed by atoms with Crippen LogP contribution in [0, 0.1) is 0 Å². The molecular weight excluding hydrogens is 444 g/mol. The van der Waals surface area contributed by atoms with E-state index in [4.69, 9.17) is 9.72 Å². The van der Waals surface area contributed by atoms with Gasteiger partial charge in [0.1, 0.15) is 5.75 Å². The molecule has 2 aromatic heterocycles. The Balaban J connectivity index is 1.23. The molecule has 8 nitrogen and oxygen atoms in total. The largest absolute Gasteiger partial charge is 0.497 e. The normalized spacial score (nSPS) is 16.4. The van der Waals surface area contributed by atoms with Gasteiger partial charge in [0.15, 0.2) is 0 Å². The molecule has 4 aromatic rings. The minimum atomic E-state index is 0.102. The lowest BCUT2D eigenvalue weighted by molar-refractivity contribution is -0.129. The van der Waals surface area contributed by atoms with Crippen LogP contribution in [0.2, 0.25) is 0 Å². The van der Waals surface area contributed by atoms with Crippen molar-refractivity contribution in [2.75, 3.05) is 26.0 Å². The van der Waals surface area contributed by atoms with Gasteiger partial charge in [-0.05, 0) is 59.7 Å². The maximum Gasteiger partial charge on any atom is 0.233 e. The zero-order chi connectivity index (χ0) is 21.9. The number of piperidine rings is 1. The number of nitrogens with zero attached hydrogens (tertiary/aromatic N) is 6. The molecule has 164 valence electrons. The van der Waals surface area contributed by atoms with Gasteiger partial charge >= 0.3 is 0 Å². The lowest BCUT2D eigenvalue weighted by Crippen LogP contribution is -2.40.